The Morgan fingerprint density at radius 1 is 1.42 bits per heavy atom. The van der Waals surface area contributed by atoms with E-state index in [9.17, 15) is 4.79 Å². The van der Waals surface area contributed by atoms with Gasteiger partial charge in [-0.25, -0.2) is 0 Å². The zero-order valence-electron chi connectivity index (χ0n) is 11.4. The van der Waals surface area contributed by atoms with Crippen LogP contribution in [0.4, 0.5) is 0 Å². The fourth-order valence-electron chi connectivity index (χ4n) is 2.39. The molecular formula is C15H23ClN2O. The number of halogens is 1. The highest BCUT2D eigenvalue weighted by molar-refractivity contribution is 5.85. The van der Waals surface area contributed by atoms with Crippen LogP contribution < -0.4 is 10.6 Å². The molecule has 1 aromatic rings. The molecule has 0 saturated carbocycles. The largest absolute Gasteiger partial charge is 0.355 e. The molecule has 1 aliphatic heterocycles. The summed E-state index contributed by atoms with van der Waals surface area (Å²) in [4.78, 5) is 11.8. The van der Waals surface area contributed by atoms with Gasteiger partial charge in [-0.2, -0.15) is 0 Å². The van der Waals surface area contributed by atoms with Gasteiger partial charge in [-0.05, 0) is 30.9 Å². The molecule has 0 aromatic heterocycles. The lowest BCUT2D eigenvalue weighted by Gasteiger charge is -2.14. The summed E-state index contributed by atoms with van der Waals surface area (Å²) in [5, 5.41) is 6.37. The molecule has 3 nitrogen and oxygen atoms in total. The fourth-order valence-corrected chi connectivity index (χ4v) is 2.39. The first-order valence-electron chi connectivity index (χ1n) is 6.80. The van der Waals surface area contributed by atoms with Crippen LogP contribution >= 0.6 is 12.4 Å². The monoisotopic (exact) mass is 282 g/mol. The molecule has 0 spiro atoms. The van der Waals surface area contributed by atoms with Crippen molar-refractivity contribution in [2.75, 3.05) is 13.1 Å². The number of hydrogen-bond acceptors (Lipinski definition) is 2. The van der Waals surface area contributed by atoms with Crippen LogP contribution in [0.5, 0.6) is 0 Å². The van der Waals surface area contributed by atoms with Gasteiger partial charge in [0.05, 0.1) is 0 Å². The van der Waals surface area contributed by atoms with Gasteiger partial charge in [0.25, 0.3) is 0 Å². The molecule has 1 aliphatic rings. The van der Waals surface area contributed by atoms with Gasteiger partial charge >= 0.3 is 0 Å². The van der Waals surface area contributed by atoms with Crippen molar-refractivity contribution < 1.29 is 4.79 Å². The molecular weight excluding hydrogens is 260 g/mol. The van der Waals surface area contributed by atoms with Crippen molar-refractivity contribution in [1.82, 2.24) is 10.6 Å². The van der Waals surface area contributed by atoms with E-state index >= 15 is 0 Å². The smallest absolute Gasteiger partial charge is 0.221 e. The Morgan fingerprint density at radius 2 is 2.16 bits per heavy atom. The molecule has 1 amide bonds. The van der Waals surface area contributed by atoms with E-state index in [0.717, 1.165) is 19.5 Å². The third kappa shape index (κ3) is 5.21. The third-order valence-electron chi connectivity index (χ3n) is 3.57. The Bertz CT molecular complexity index is 377. The van der Waals surface area contributed by atoms with Crippen molar-refractivity contribution in [2.24, 2.45) is 0 Å². The van der Waals surface area contributed by atoms with Gasteiger partial charge in [0, 0.05) is 19.0 Å². The summed E-state index contributed by atoms with van der Waals surface area (Å²) in [5.41, 5.74) is 1.27. The maximum atomic E-state index is 11.8. The molecule has 2 atom stereocenters. The zero-order valence-corrected chi connectivity index (χ0v) is 12.2. The van der Waals surface area contributed by atoms with E-state index in [1.54, 1.807) is 0 Å². The van der Waals surface area contributed by atoms with E-state index < -0.39 is 0 Å². The maximum absolute atomic E-state index is 11.8. The lowest BCUT2D eigenvalue weighted by molar-refractivity contribution is -0.121. The second-order valence-corrected chi connectivity index (χ2v) is 5.11. The van der Waals surface area contributed by atoms with E-state index in [2.05, 4.69) is 29.7 Å². The fraction of sp³-hybridized carbons (Fsp3) is 0.533. The predicted molar refractivity (Wildman–Crippen MR) is 80.8 cm³/mol. The molecule has 1 saturated heterocycles. The van der Waals surface area contributed by atoms with Crippen molar-refractivity contribution in [3.63, 3.8) is 0 Å². The van der Waals surface area contributed by atoms with E-state index in [0.29, 0.717) is 18.4 Å². The van der Waals surface area contributed by atoms with Crippen LogP contribution in [-0.2, 0) is 4.79 Å². The predicted octanol–water partition coefficient (Wildman–Crippen LogP) is 2.47. The molecule has 2 N–H and O–H groups in total. The molecule has 1 fully saturated rings. The van der Waals surface area contributed by atoms with Gasteiger partial charge < -0.3 is 10.6 Å². The minimum atomic E-state index is 0. The number of rotatable bonds is 5. The number of carbonyl (C=O) groups is 1. The van der Waals surface area contributed by atoms with E-state index in [1.165, 1.54) is 12.0 Å². The molecule has 1 heterocycles. The quantitative estimate of drug-likeness (QED) is 0.871. The molecule has 0 bridgehead atoms. The molecule has 4 heteroatoms. The van der Waals surface area contributed by atoms with Gasteiger partial charge in [0.2, 0.25) is 5.91 Å². The Kier molecular flexibility index (Phi) is 6.89. The Labute approximate surface area is 121 Å². The Balaban J connectivity index is 0.00000180. The van der Waals surface area contributed by atoms with Crippen LogP contribution in [0.25, 0.3) is 0 Å². The molecule has 0 radical (unpaired) electrons. The third-order valence-corrected chi connectivity index (χ3v) is 3.57. The van der Waals surface area contributed by atoms with Crippen LogP contribution in [0.15, 0.2) is 30.3 Å². The van der Waals surface area contributed by atoms with Crippen LogP contribution in [0.1, 0.15) is 37.7 Å². The number of benzene rings is 1. The Hall–Kier alpha value is -1.06. The first-order valence-corrected chi connectivity index (χ1v) is 6.80. The first-order chi connectivity index (χ1) is 8.75. The molecule has 2 unspecified atom stereocenters. The lowest BCUT2D eigenvalue weighted by atomic mass is 10.0. The molecule has 0 aliphatic carbocycles. The first kappa shape index (κ1) is 16.0. The van der Waals surface area contributed by atoms with Gasteiger partial charge in [-0.1, -0.05) is 37.3 Å². The Morgan fingerprint density at radius 3 is 2.79 bits per heavy atom. The van der Waals surface area contributed by atoms with Crippen molar-refractivity contribution in [3.8, 4) is 0 Å². The number of carbonyl (C=O) groups excluding carboxylic acids is 1. The lowest BCUT2D eigenvalue weighted by Crippen LogP contribution is -2.33. The molecule has 2 rings (SSSR count). The van der Waals surface area contributed by atoms with E-state index in [4.69, 9.17) is 0 Å². The highest BCUT2D eigenvalue weighted by atomic mass is 35.5. The molecule has 19 heavy (non-hydrogen) atoms. The van der Waals surface area contributed by atoms with E-state index in [-0.39, 0.29) is 18.3 Å². The zero-order chi connectivity index (χ0) is 12.8. The second-order valence-electron chi connectivity index (χ2n) is 5.11. The molecule has 1 aromatic carbocycles. The second kappa shape index (κ2) is 8.18. The summed E-state index contributed by atoms with van der Waals surface area (Å²) in [6, 6.07) is 10.7. The van der Waals surface area contributed by atoms with Gasteiger partial charge in [-0.15, -0.1) is 12.4 Å². The summed E-state index contributed by atoms with van der Waals surface area (Å²) in [5.74, 6) is 0.531. The SMILES string of the molecule is CC(CNC(=O)CC1CCCN1)c1ccccc1.Cl. The standard InChI is InChI=1S/C15H22N2O.ClH/c1-12(13-6-3-2-4-7-13)11-17-15(18)10-14-8-5-9-16-14;/h2-4,6-7,12,14,16H,5,8-11H2,1H3,(H,17,18);1H. The minimum Gasteiger partial charge on any atom is -0.355 e. The summed E-state index contributed by atoms with van der Waals surface area (Å²) in [6.45, 7) is 3.91. The summed E-state index contributed by atoms with van der Waals surface area (Å²) in [6.07, 6.45) is 2.93. The summed E-state index contributed by atoms with van der Waals surface area (Å²) >= 11 is 0. The van der Waals surface area contributed by atoms with Gasteiger partial charge in [0.1, 0.15) is 0 Å². The van der Waals surface area contributed by atoms with Crippen molar-refractivity contribution in [3.05, 3.63) is 35.9 Å². The van der Waals surface area contributed by atoms with Crippen LogP contribution in [0.2, 0.25) is 0 Å². The number of nitrogens with one attached hydrogen (secondary N) is 2. The van der Waals surface area contributed by atoms with Crippen LogP contribution in [0.3, 0.4) is 0 Å². The van der Waals surface area contributed by atoms with Crippen molar-refractivity contribution in [1.29, 1.82) is 0 Å². The number of amides is 1. The van der Waals surface area contributed by atoms with Gasteiger partial charge in [0.15, 0.2) is 0 Å². The maximum Gasteiger partial charge on any atom is 0.221 e. The summed E-state index contributed by atoms with van der Waals surface area (Å²) < 4.78 is 0. The molecule has 106 valence electrons. The van der Waals surface area contributed by atoms with Crippen LogP contribution in [-0.4, -0.2) is 25.0 Å². The summed E-state index contributed by atoms with van der Waals surface area (Å²) in [7, 11) is 0. The van der Waals surface area contributed by atoms with E-state index in [1.807, 2.05) is 18.2 Å². The average Bonchev–Trinajstić information content (AvgIpc) is 2.90. The van der Waals surface area contributed by atoms with Crippen molar-refractivity contribution in [2.45, 2.75) is 38.1 Å². The topological polar surface area (TPSA) is 41.1 Å². The minimum absolute atomic E-state index is 0. The highest BCUT2D eigenvalue weighted by Crippen LogP contribution is 2.13. The highest BCUT2D eigenvalue weighted by Gasteiger charge is 2.17. The van der Waals surface area contributed by atoms with Crippen molar-refractivity contribution >= 4 is 18.3 Å². The van der Waals surface area contributed by atoms with Crippen LogP contribution in [0, 0.1) is 0 Å². The number of hydrogen-bond donors (Lipinski definition) is 2. The normalized spacial score (nSPS) is 19.5. The average molecular weight is 283 g/mol. The van der Waals surface area contributed by atoms with Gasteiger partial charge in [-0.3, -0.25) is 4.79 Å².